The van der Waals surface area contributed by atoms with Gasteiger partial charge in [0.2, 0.25) is 10.9 Å². The van der Waals surface area contributed by atoms with Crippen molar-refractivity contribution in [1.29, 1.82) is 5.26 Å². The fourth-order valence-corrected chi connectivity index (χ4v) is 2.90. The standard InChI is InChI=1S/C15H11N5O2S/c1-9-8-23-15-18-14(22)13(19-20(9)15)10-4-2-3-5-11(10)17-12(21)6-7-16/h2-5,8H,6H2,1H3,(H,17,21). The van der Waals surface area contributed by atoms with Gasteiger partial charge >= 0.3 is 5.56 Å². The Morgan fingerprint density at radius 3 is 3.00 bits per heavy atom. The van der Waals surface area contributed by atoms with E-state index in [0.29, 0.717) is 16.2 Å². The summed E-state index contributed by atoms with van der Waals surface area (Å²) in [6.07, 6.45) is -0.262. The van der Waals surface area contributed by atoms with Crippen LogP contribution in [-0.2, 0) is 4.79 Å². The van der Waals surface area contributed by atoms with E-state index in [1.54, 1.807) is 34.9 Å². The average Bonchev–Trinajstić information content (AvgIpc) is 2.88. The Bertz CT molecular complexity index is 999. The quantitative estimate of drug-likeness (QED) is 0.793. The third-order valence-electron chi connectivity index (χ3n) is 3.15. The number of rotatable bonds is 3. The number of hydrogen-bond acceptors (Lipinski definition) is 6. The van der Waals surface area contributed by atoms with Crippen molar-refractivity contribution < 1.29 is 4.79 Å². The van der Waals surface area contributed by atoms with E-state index in [2.05, 4.69) is 15.4 Å². The topological polar surface area (TPSA) is 100 Å². The van der Waals surface area contributed by atoms with Crippen LogP contribution in [0.5, 0.6) is 0 Å². The molecule has 3 aromatic rings. The van der Waals surface area contributed by atoms with Crippen molar-refractivity contribution in [2.45, 2.75) is 13.3 Å². The molecule has 1 amide bonds. The first-order valence-corrected chi connectivity index (χ1v) is 7.59. The van der Waals surface area contributed by atoms with Crippen molar-refractivity contribution in [3.05, 3.63) is 45.7 Å². The molecule has 23 heavy (non-hydrogen) atoms. The molecule has 2 aromatic heterocycles. The number of carbonyl (C=O) groups is 1. The smallest absolute Gasteiger partial charge is 0.300 e. The predicted octanol–water partition coefficient (Wildman–Crippen LogP) is 1.98. The summed E-state index contributed by atoms with van der Waals surface area (Å²) in [5.41, 5.74) is 1.44. The summed E-state index contributed by atoms with van der Waals surface area (Å²) in [6.45, 7) is 1.87. The number of benzene rings is 1. The number of carbonyl (C=O) groups excluding carboxylic acids is 1. The summed E-state index contributed by atoms with van der Waals surface area (Å²) in [5.74, 6) is -0.444. The zero-order chi connectivity index (χ0) is 16.4. The summed E-state index contributed by atoms with van der Waals surface area (Å²) in [6, 6.07) is 8.59. The van der Waals surface area contributed by atoms with E-state index >= 15 is 0 Å². The summed E-state index contributed by atoms with van der Waals surface area (Å²) in [5, 5.41) is 17.4. The number of nitrogens with one attached hydrogen (secondary N) is 1. The minimum Gasteiger partial charge on any atom is -0.325 e. The second-order valence-corrected chi connectivity index (χ2v) is 5.60. The van der Waals surface area contributed by atoms with E-state index in [4.69, 9.17) is 5.26 Å². The fourth-order valence-electron chi connectivity index (χ4n) is 2.10. The number of aromatic nitrogens is 3. The summed E-state index contributed by atoms with van der Waals surface area (Å²) < 4.78 is 1.59. The highest BCUT2D eigenvalue weighted by molar-refractivity contribution is 7.15. The maximum Gasteiger partial charge on any atom is 0.300 e. The number of nitrogens with zero attached hydrogens (tertiary/aromatic N) is 4. The third kappa shape index (κ3) is 2.82. The van der Waals surface area contributed by atoms with Crippen molar-refractivity contribution in [1.82, 2.24) is 14.6 Å². The van der Waals surface area contributed by atoms with Gasteiger partial charge in [0.1, 0.15) is 6.42 Å². The van der Waals surface area contributed by atoms with Gasteiger partial charge in [0.05, 0.1) is 17.5 Å². The van der Waals surface area contributed by atoms with Crippen LogP contribution in [0, 0.1) is 18.3 Å². The Kier molecular flexibility index (Phi) is 3.87. The Labute approximate surface area is 134 Å². The van der Waals surface area contributed by atoms with Gasteiger partial charge in [-0.2, -0.15) is 15.3 Å². The number of anilines is 1. The molecule has 0 saturated carbocycles. The van der Waals surface area contributed by atoms with Gasteiger partial charge in [0.15, 0.2) is 5.69 Å². The number of aryl methyl sites for hydroxylation is 1. The lowest BCUT2D eigenvalue weighted by Crippen LogP contribution is -2.17. The Hall–Kier alpha value is -3.05. The minimum absolute atomic E-state index is 0.150. The van der Waals surface area contributed by atoms with Crippen molar-refractivity contribution in [3.8, 4) is 17.3 Å². The Morgan fingerprint density at radius 2 is 2.22 bits per heavy atom. The number of para-hydroxylation sites is 1. The first-order chi connectivity index (χ1) is 11.1. The predicted molar refractivity (Wildman–Crippen MR) is 86.2 cm³/mol. The van der Waals surface area contributed by atoms with E-state index in [1.165, 1.54) is 11.3 Å². The minimum atomic E-state index is -0.464. The summed E-state index contributed by atoms with van der Waals surface area (Å²) >= 11 is 1.34. The van der Waals surface area contributed by atoms with E-state index in [9.17, 15) is 9.59 Å². The van der Waals surface area contributed by atoms with Crippen LogP contribution in [0.4, 0.5) is 5.69 Å². The molecule has 0 bridgehead atoms. The van der Waals surface area contributed by atoms with E-state index in [0.717, 1.165) is 5.69 Å². The fraction of sp³-hybridized carbons (Fsp3) is 0.133. The molecule has 0 aliphatic heterocycles. The van der Waals surface area contributed by atoms with E-state index in [1.807, 2.05) is 12.3 Å². The molecule has 1 N–H and O–H groups in total. The maximum atomic E-state index is 12.3. The van der Waals surface area contributed by atoms with Crippen LogP contribution in [0.15, 0.2) is 34.4 Å². The van der Waals surface area contributed by atoms with Crippen LogP contribution < -0.4 is 10.9 Å². The Morgan fingerprint density at radius 1 is 1.43 bits per heavy atom. The van der Waals surface area contributed by atoms with Gasteiger partial charge in [-0.1, -0.05) is 18.2 Å². The van der Waals surface area contributed by atoms with Crippen molar-refractivity contribution in [3.63, 3.8) is 0 Å². The highest BCUT2D eigenvalue weighted by Crippen LogP contribution is 2.24. The zero-order valence-corrected chi connectivity index (χ0v) is 12.9. The lowest BCUT2D eigenvalue weighted by atomic mass is 10.1. The molecule has 0 saturated heterocycles. The van der Waals surface area contributed by atoms with Crippen LogP contribution >= 0.6 is 11.3 Å². The average molecular weight is 325 g/mol. The molecule has 114 valence electrons. The second kappa shape index (κ2) is 5.98. The molecule has 7 nitrogen and oxygen atoms in total. The molecule has 0 unspecified atom stereocenters. The molecule has 2 heterocycles. The first kappa shape index (κ1) is 14.9. The molecule has 0 radical (unpaired) electrons. The number of hydrogen-bond donors (Lipinski definition) is 1. The van der Waals surface area contributed by atoms with Crippen LogP contribution in [-0.4, -0.2) is 20.5 Å². The van der Waals surface area contributed by atoms with Crippen molar-refractivity contribution in [2.24, 2.45) is 0 Å². The molecular weight excluding hydrogens is 314 g/mol. The molecule has 0 spiro atoms. The highest BCUT2D eigenvalue weighted by atomic mass is 32.1. The molecule has 3 rings (SSSR count). The van der Waals surface area contributed by atoms with Crippen LogP contribution in [0.1, 0.15) is 12.1 Å². The third-order valence-corrected chi connectivity index (χ3v) is 4.08. The maximum absolute atomic E-state index is 12.3. The lowest BCUT2D eigenvalue weighted by molar-refractivity contribution is -0.115. The first-order valence-electron chi connectivity index (χ1n) is 6.71. The Balaban J connectivity index is 2.14. The number of nitriles is 1. The molecule has 0 aliphatic rings. The van der Waals surface area contributed by atoms with Gasteiger partial charge in [-0.25, -0.2) is 4.52 Å². The molecule has 8 heteroatoms. The van der Waals surface area contributed by atoms with E-state index < -0.39 is 11.5 Å². The van der Waals surface area contributed by atoms with Gasteiger partial charge in [-0.3, -0.25) is 9.59 Å². The SMILES string of the molecule is Cc1csc2nc(=O)c(-c3ccccc3NC(=O)CC#N)nn12. The number of amides is 1. The molecule has 1 aromatic carbocycles. The van der Waals surface area contributed by atoms with Crippen LogP contribution in [0.2, 0.25) is 0 Å². The number of thiazole rings is 1. The van der Waals surface area contributed by atoms with Crippen molar-refractivity contribution >= 4 is 27.9 Å². The second-order valence-electron chi connectivity index (χ2n) is 4.77. The molecule has 0 fully saturated rings. The summed E-state index contributed by atoms with van der Waals surface area (Å²) in [7, 11) is 0. The van der Waals surface area contributed by atoms with Gasteiger partial charge in [0, 0.05) is 10.9 Å². The van der Waals surface area contributed by atoms with Crippen LogP contribution in [0.3, 0.4) is 0 Å². The van der Waals surface area contributed by atoms with Gasteiger partial charge in [0.25, 0.3) is 0 Å². The van der Waals surface area contributed by atoms with Crippen LogP contribution in [0.25, 0.3) is 16.2 Å². The zero-order valence-electron chi connectivity index (χ0n) is 12.1. The van der Waals surface area contributed by atoms with Crippen molar-refractivity contribution in [2.75, 3.05) is 5.32 Å². The summed E-state index contributed by atoms with van der Waals surface area (Å²) in [4.78, 5) is 28.5. The highest BCUT2D eigenvalue weighted by Gasteiger charge is 2.15. The monoisotopic (exact) mass is 325 g/mol. The van der Waals surface area contributed by atoms with Gasteiger partial charge in [-0.05, 0) is 13.0 Å². The number of fused-ring (bicyclic) bond motifs is 1. The largest absolute Gasteiger partial charge is 0.325 e. The normalized spacial score (nSPS) is 10.4. The molecule has 0 aliphatic carbocycles. The van der Waals surface area contributed by atoms with Gasteiger partial charge < -0.3 is 5.32 Å². The van der Waals surface area contributed by atoms with E-state index in [-0.39, 0.29) is 12.1 Å². The molecule has 0 atom stereocenters. The molecular formula is C15H11N5O2S. The lowest BCUT2D eigenvalue weighted by Gasteiger charge is -2.09. The van der Waals surface area contributed by atoms with Gasteiger partial charge in [-0.15, -0.1) is 11.3 Å².